The summed E-state index contributed by atoms with van der Waals surface area (Å²) in [4.78, 5) is 17.4. The van der Waals surface area contributed by atoms with E-state index >= 15 is 0 Å². The summed E-state index contributed by atoms with van der Waals surface area (Å²) >= 11 is 1.85. The van der Waals surface area contributed by atoms with E-state index in [9.17, 15) is 8.42 Å². The minimum atomic E-state index is -2.86. The molecule has 4 heterocycles. The van der Waals surface area contributed by atoms with E-state index in [4.69, 9.17) is 9.97 Å². The first kappa shape index (κ1) is 22.2. The maximum Gasteiger partial charge on any atom is 0.155 e. The van der Waals surface area contributed by atoms with Crippen molar-refractivity contribution in [3.63, 3.8) is 0 Å². The highest BCUT2D eigenvalue weighted by molar-refractivity contribution is 7.91. The van der Waals surface area contributed by atoms with Crippen LogP contribution in [0.15, 0.2) is 30.3 Å². The van der Waals surface area contributed by atoms with Crippen LogP contribution >= 0.6 is 11.3 Å². The zero-order valence-electron chi connectivity index (χ0n) is 19.3. The molecule has 3 aliphatic rings. The van der Waals surface area contributed by atoms with Gasteiger partial charge in [0.15, 0.2) is 15.7 Å². The fraction of sp³-hybridized carbons (Fsp3) is 0.462. The van der Waals surface area contributed by atoms with Crippen molar-refractivity contribution >= 4 is 49.4 Å². The van der Waals surface area contributed by atoms with Crippen molar-refractivity contribution in [1.29, 1.82) is 0 Å². The summed E-state index contributed by atoms with van der Waals surface area (Å²) in [5, 5.41) is 1.26. The number of thiophene rings is 1. The quantitative estimate of drug-likeness (QED) is 0.545. The number of nitrogens with zero attached hydrogens (tertiary/aromatic N) is 4. The lowest BCUT2D eigenvalue weighted by molar-refractivity contribution is 0.200. The second-order valence-corrected chi connectivity index (χ2v) is 12.9. The van der Waals surface area contributed by atoms with Crippen molar-refractivity contribution in [2.75, 3.05) is 42.6 Å². The molecule has 1 aromatic carbocycles. The number of aromatic nitrogens is 2. The van der Waals surface area contributed by atoms with Crippen LogP contribution < -0.4 is 4.90 Å². The zero-order chi connectivity index (χ0) is 23.1. The van der Waals surface area contributed by atoms with E-state index in [1.807, 2.05) is 35.6 Å². The molecule has 2 aromatic heterocycles. The zero-order valence-corrected chi connectivity index (χ0v) is 21.0. The normalized spacial score (nSPS) is 23.1. The maximum atomic E-state index is 12.0. The number of aryl methyl sites for hydroxylation is 2. The van der Waals surface area contributed by atoms with Crippen molar-refractivity contribution in [1.82, 2.24) is 14.9 Å². The van der Waals surface area contributed by atoms with Gasteiger partial charge in [0.2, 0.25) is 0 Å². The van der Waals surface area contributed by atoms with E-state index in [2.05, 4.69) is 28.0 Å². The molecular formula is C26H30N4O2S2. The minimum absolute atomic E-state index is 0.177. The average Bonchev–Trinajstić information content (AvgIpc) is 3.42. The number of sulfone groups is 1. The first-order valence-corrected chi connectivity index (χ1v) is 14.9. The summed E-state index contributed by atoms with van der Waals surface area (Å²) in [6.45, 7) is 3.50. The topological polar surface area (TPSA) is 66.4 Å². The van der Waals surface area contributed by atoms with Gasteiger partial charge in [-0.2, -0.15) is 0 Å². The molecule has 0 radical (unpaired) electrons. The fourth-order valence-corrected chi connectivity index (χ4v) is 8.58. The number of hydrogen-bond acceptors (Lipinski definition) is 7. The van der Waals surface area contributed by atoms with Crippen molar-refractivity contribution in [2.24, 2.45) is 0 Å². The molecule has 6 nitrogen and oxygen atoms in total. The maximum absolute atomic E-state index is 12.0. The minimum Gasteiger partial charge on any atom is -0.353 e. The Morgan fingerprint density at radius 2 is 1.76 bits per heavy atom. The van der Waals surface area contributed by atoms with Gasteiger partial charge in [-0.1, -0.05) is 36.4 Å². The Hall–Kier alpha value is -2.29. The molecule has 0 N–H and O–H groups in total. The monoisotopic (exact) mass is 494 g/mol. The molecule has 1 unspecified atom stereocenters. The van der Waals surface area contributed by atoms with Crippen molar-refractivity contribution in [3.8, 4) is 0 Å². The van der Waals surface area contributed by atoms with Crippen LogP contribution in [0.1, 0.15) is 41.1 Å². The highest BCUT2D eigenvalue weighted by Gasteiger charge is 2.34. The lowest BCUT2D eigenvalue weighted by Gasteiger charge is -2.38. The summed E-state index contributed by atoms with van der Waals surface area (Å²) in [5.41, 5.74) is 2.60. The number of anilines is 1. The smallest absolute Gasteiger partial charge is 0.155 e. The predicted octanol–water partition coefficient (Wildman–Crippen LogP) is 4.05. The van der Waals surface area contributed by atoms with Crippen LogP contribution in [0.3, 0.4) is 0 Å². The lowest BCUT2D eigenvalue weighted by Crippen LogP contribution is -2.51. The van der Waals surface area contributed by atoms with Gasteiger partial charge in [0.25, 0.3) is 0 Å². The van der Waals surface area contributed by atoms with Gasteiger partial charge in [0, 0.05) is 37.1 Å². The van der Waals surface area contributed by atoms with E-state index in [0.29, 0.717) is 11.5 Å². The molecule has 2 saturated heterocycles. The molecule has 6 rings (SSSR count). The van der Waals surface area contributed by atoms with Gasteiger partial charge in [0.1, 0.15) is 10.6 Å². The van der Waals surface area contributed by atoms with E-state index in [-0.39, 0.29) is 6.04 Å². The summed E-state index contributed by atoms with van der Waals surface area (Å²) in [7, 11) is -2.86. The van der Waals surface area contributed by atoms with E-state index in [1.165, 1.54) is 28.7 Å². The molecule has 2 aliphatic heterocycles. The van der Waals surface area contributed by atoms with Crippen LogP contribution in [0.25, 0.3) is 22.4 Å². The van der Waals surface area contributed by atoms with Gasteiger partial charge >= 0.3 is 0 Å². The average molecular weight is 495 g/mol. The third-order valence-corrected chi connectivity index (χ3v) is 10.3. The number of fused-ring (bicyclic) bond motifs is 3. The first-order chi connectivity index (χ1) is 16.6. The van der Waals surface area contributed by atoms with Gasteiger partial charge < -0.3 is 4.90 Å². The molecule has 0 bridgehead atoms. The fourth-order valence-electron chi connectivity index (χ4n) is 5.55. The van der Waals surface area contributed by atoms with Crippen LogP contribution in [0, 0.1) is 0 Å². The molecule has 0 spiro atoms. The molecule has 0 saturated carbocycles. The van der Waals surface area contributed by atoms with E-state index in [0.717, 1.165) is 67.5 Å². The molecule has 8 heteroatoms. The van der Waals surface area contributed by atoms with E-state index < -0.39 is 9.84 Å². The third-order valence-electron chi connectivity index (χ3n) is 7.38. The van der Waals surface area contributed by atoms with Crippen LogP contribution in [-0.2, 0) is 22.7 Å². The summed E-state index contributed by atoms with van der Waals surface area (Å²) < 4.78 is 23.9. The Kier molecular flexibility index (Phi) is 5.91. The van der Waals surface area contributed by atoms with Crippen molar-refractivity contribution < 1.29 is 8.42 Å². The van der Waals surface area contributed by atoms with Crippen LogP contribution in [0.2, 0.25) is 0 Å². The third kappa shape index (κ3) is 4.39. The van der Waals surface area contributed by atoms with Gasteiger partial charge in [-0.3, -0.25) is 4.90 Å². The molecule has 1 atom stereocenters. The second kappa shape index (κ2) is 9.06. The molecule has 34 heavy (non-hydrogen) atoms. The molecule has 178 valence electrons. The number of rotatable bonds is 4. The molecule has 0 amide bonds. The summed E-state index contributed by atoms with van der Waals surface area (Å²) in [5.74, 6) is 2.48. The van der Waals surface area contributed by atoms with Crippen molar-refractivity contribution in [2.45, 2.75) is 38.1 Å². The van der Waals surface area contributed by atoms with E-state index in [1.54, 1.807) is 0 Å². The van der Waals surface area contributed by atoms with Crippen LogP contribution in [-0.4, -0.2) is 67.0 Å². The van der Waals surface area contributed by atoms with Crippen LogP contribution in [0.4, 0.5) is 5.82 Å². The number of hydrogen-bond donors (Lipinski definition) is 0. The molecule has 2 fully saturated rings. The Morgan fingerprint density at radius 1 is 0.971 bits per heavy atom. The van der Waals surface area contributed by atoms with Crippen molar-refractivity contribution in [3.05, 3.63) is 52.2 Å². The first-order valence-electron chi connectivity index (χ1n) is 12.3. The predicted molar refractivity (Wildman–Crippen MR) is 140 cm³/mol. The Labute approximate surface area is 205 Å². The molecule has 3 aromatic rings. The standard InChI is InChI=1S/C26H30N4O2S2/c31-34(32)17-12-20(18-34)29-13-15-30(16-14-29)25-24-21-8-4-5-9-22(21)33-26(24)28-23(27-25)11-10-19-6-2-1-3-7-19/h1-3,6-7,10-11,20H,4-5,8-9,12-18H2. The van der Waals surface area contributed by atoms with Gasteiger partial charge in [-0.25, -0.2) is 18.4 Å². The highest BCUT2D eigenvalue weighted by Crippen LogP contribution is 2.40. The number of piperazine rings is 1. The Balaban J connectivity index is 1.31. The highest BCUT2D eigenvalue weighted by atomic mass is 32.2. The Bertz CT molecular complexity index is 1330. The molecule has 1 aliphatic carbocycles. The molecular weight excluding hydrogens is 464 g/mol. The largest absolute Gasteiger partial charge is 0.353 e. The van der Waals surface area contributed by atoms with Gasteiger partial charge in [-0.15, -0.1) is 11.3 Å². The lowest BCUT2D eigenvalue weighted by atomic mass is 9.97. The van der Waals surface area contributed by atoms with Crippen LogP contribution in [0.5, 0.6) is 0 Å². The summed E-state index contributed by atoms with van der Waals surface area (Å²) in [6.07, 6.45) is 9.63. The van der Waals surface area contributed by atoms with Gasteiger partial charge in [0.05, 0.1) is 16.9 Å². The summed E-state index contributed by atoms with van der Waals surface area (Å²) in [6, 6.07) is 10.4. The SMILES string of the molecule is O=S1(=O)CCC(N2CCN(c3nc(C=Cc4ccccc4)nc4sc5c(c34)CCCC5)CC2)C1. The Morgan fingerprint density at radius 3 is 2.53 bits per heavy atom. The second-order valence-electron chi connectivity index (χ2n) is 9.62. The number of benzene rings is 1. The van der Waals surface area contributed by atoms with Gasteiger partial charge in [-0.05, 0) is 49.3 Å².